The number of fused-ring (bicyclic) bond motifs is 3. The summed E-state index contributed by atoms with van der Waals surface area (Å²) in [6.45, 7) is 0. The Morgan fingerprint density at radius 3 is 1.47 bits per heavy atom. The fourth-order valence-corrected chi connectivity index (χ4v) is 6.61. The summed E-state index contributed by atoms with van der Waals surface area (Å²) in [7, 11) is 0. The first-order chi connectivity index (χ1) is 25.1. The van der Waals surface area contributed by atoms with Gasteiger partial charge in [-0.3, -0.25) is 4.57 Å². The van der Waals surface area contributed by atoms with E-state index in [4.69, 9.17) is 15.0 Å². The molecule has 0 atom stereocenters. The van der Waals surface area contributed by atoms with Crippen LogP contribution in [-0.2, 0) is 0 Å². The minimum absolute atomic E-state index is 0.314. The fraction of sp³-hybridized carbons (Fsp3) is 0. The molecular weight excluding hydrogens is 629 g/mol. The highest BCUT2D eigenvalue weighted by Crippen LogP contribution is 2.42. The van der Waals surface area contributed by atoms with E-state index < -0.39 is 0 Å². The normalized spacial score (nSPS) is 10.7. The first kappa shape index (κ1) is 30.4. The van der Waals surface area contributed by atoms with Gasteiger partial charge in [0.25, 0.3) is 0 Å². The number of rotatable bonds is 5. The van der Waals surface area contributed by atoms with Crippen molar-refractivity contribution in [3.05, 3.63) is 156 Å². The predicted octanol–water partition coefficient (Wildman–Crippen LogP) is 9.12. The number of nitriles is 4. The topological polar surface area (TPSA) is 139 Å². The zero-order valence-corrected chi connectivity index (χ0v) is 26.8. The highest BCUT2D eigenvalue weighted by atomic mass is 15.2. The molecule has 0 amide bonds. The Labute approximate surface area is 292 Å². The largest absolute Gasteiger partial charge is 0.277 e. The van der Waals surface area contributed by atoms with Gasteiger partial charge in [-0.25, -0.2) is 4.98 Å². The highest BCUT2D eigenvalue weighted by Gasteiger charge is 2.24. The van der Waals surface area contributed by atoms with Crippen molar-refractivity contribution < 1.29 is 0 Å². The Kier molecular flexibility index (Phi) is 7.52. The van der Waals surface area contributed by atoms with Crippen LogP contribution in [0.5, 0.6) is 0 Å². The van der Waals surface area contributed by atoms with Gasteiger partial charge in [0, 0.05) is 38.6 Å². The van der Waals surface area contributed by atoms with Crippen molar-refractivity contribution in [3.63, 3.8) is 0 Å². The van der Waals surface area contributed by atoms with Gasteiger partial charge >= 0.3 is 0 Å². The zero-order chi connectivity index (χ0) is 34.9. The molecule has 0 fully saturated rings. The van der Waals surface area contributed by atoms with Crippen molar-refractivity contribution in [2.24, 2.45) is 0 Å². The second kappa shape index (κ2) is 12.6. The molecule has 8 nitrogen and oxygen atoms in total. The Balaban J connectivity index is 1.55. The quantitative estimate of drug-likeness (QED) is 0.181. The molecule has 8 heteroatoms. The molecule has 8 aromatic rings. The van der Waals surface area contributed by atoms with Gasteiger partial charge in [0.15, 0.2) is 11.6 Å². The van der Waals surface area contributed by atoms with Crippen LogP contribution in [0.4, 0.5) is 0 Å². The van der Waals surface area contributed by atoms with Crippen molar-refractivity contribution in [2.45, 2.75) is 0 Å². The van der Waals surface area contributed by atoms with Crippen molar-refractivity contribution in [2.75, 3.05) is 0 Å². The van der Waals surface area contributed by atoms with E-state index in [1.54, 1.807) is 36.4 Å². The third-order valence-electron chi connectivity index (χ3n) is 8.84. The molecule has 0 aliphatic carbocycles. The summed E-state index contributed by atoms with van der Waals surface area (Å²) in [5.74, 6) is 1.23. The third kappa shape index (κ3) is 5.11. The second-order valence-electron chi connectivity index (χ2n) is 11.7. The van der Waals surface area contributed by atoms with E-state index in [0.29, 0.717) is 73.1 Å². The summed E-state index contributed by atoms with van der Waals surface area (Å²) in [6, 6.07) is 50.1. The van der Waals surface area contributed by atoms with Crippen LogP contribution < -0.4 is 0 Å². The van der Waals surface area contributed by atoms with Crippen LogP contribution >= 0.6 is 0 Å². The molecule has 0 N–H and O–H groups in total. The molecule has 0 aliphatic rings. The van der Waals surface area contributed by atoms with Crippen LogP contribution in [0.3, 0.4) is 0 Å². The van der Waals surface area contributed by atoms with E-state index in [-0.39, 0.29) is 0 Å². The summed E-state index contributed by atoms with van der Waals surface area (Å²) < 4.78 is 1.93. The van der Waals surface area contributed by atoms with E-state index in [1.807, 2.05) is 102 Å². The van der Waals surface area contributed by atoms with Crippen LogP contribution in [0.1, 0.15) is 22.3 Å². The third-order valence-corrected chi connectivity index (χ3v) is 8.84. The lowest BCUT2D eigenvalue weighted by Gasteiger charge is -2.14. The van der Waals surface area contributed by atoms with Crippen LogP contribution in [0.15, 0.2) is 133 Å². The fourth-order valence-electron chi connectivity index (χ4n) is 6.61. The number of benzene rings is 6. The minimum Gasteiger partial charge on any atom is -0.277 e. The van der Waals surface area contributed by atoms with Gasteiger partial charge in [-0.05, 0) is 35.9 Å². The molecule has 51 heavy (non-hydrogen) atoms. The maximum absolute atomic E-state index is 10.2. The lowest BCUT2D eigenvalue weighted by Crippen LogP contribution is -2.07. The summed E-state index contributed by atoms with van der Waals surface area (Å²) in [5, 5.41) is 42.3. The van der Waals surface area contributed by atoms with Gasteiger partial charge in [0.2, 0.25) is 5.95 Å². The lowest BCUT2D eigenvalue weighted by atomic mass is 9.93. The smallest absolute Gasteiger partial charge is 0.238 e. The van der Waals surface area contributed by atoms with Crippen LogP contribution in [0.25, 0.3) is 72.8 Å². The highest BCUT2D eigenvalue weighted by molar-refractivity contribution is 6.15. The molecule has 0 bridgehead atoms. The molecule has 8 rings (SSSR count). The predicted molar refractivity (Wildman–Crippen MR) is 195 cm³/mol. The molecule has 0 unspecified atom stereocenters. The first-order valence-corrected chi connectivity index (χ1v) is 15.9. The Morgan fingerprint density at radius 2 is 0.941 bits per heavy atom. The summed E-state index contributed by atoms with van der Waals surface area (Å²) in [5.41, 5.74) is 6.75. The monoisotopic (exact) mass is 650 g/mol. The van der Waals surface area contributed by atoms with Crippen LogP contribution in [0.2, 0.25) is 0 Å². The lowest BCUT2D eigenvalue weighted by molar-refractivity contribution is 0.954. The van der Waals surface area contributed by atoms with Crippen molar-refractivity contribution >= 4 is 21.8 Å². The average Bonchev–Trinajstić information content (AvgIpc) is 3.54. The number of hydrogen-bond acceptors (Lipinski definition) is 7. The molecule has 2 heterocycles. The molecule has 2 aromatic heterocycles. The van der Waals surface area contributed by atoms with E-state index in [9.17, 15) is 21.0 Å². The number of hydrogen-bond donors (Lipinski definition) is 0. The van der Waals surface area contributed by atoms with Crippen LogP contribution in [-0.4, -0.2) is 19.5 Å². The van der Waals surface area contributed by atoms with Gasteiger partial charge in [-0.15, -0.1) is 0 Å². The maximum atomic E-state index is 10.2. The van der Waals surface area contributed by atoms with E-state index in [1.165, 1.54) is 0 Å². The number of para-hydroxylation sites is 1. The molecule has 0 aliphatic heterocycles. The second-order valence-corrected chi connectivity index (χ2v) is 11.7. The van der Waals surface area contributed by atoms with Crippen LogP contribution in [0, 0.1) is 45.3 Å². The van der Waals surface area contributed by atoms with E-state index in [2.05, 4.69) is 24.3 Å². The van der Waals surface area contributed by atoms with E-state index in [0.717, 1.165) is 21.9 Å². The van der Waals surface area contributed by atoms with Gasteiger partial charge < -0.3 is 0 Å². The molecule has 0 saturated heterocycles. The number of aromatic nitrogens is 4. The molecule has 0 saturated carbocycles. The van der Waals surface area contributed by atoms with Gasteiger partial charge in [-0.1, -0.05) is 103 Å². The van der Waals surface area contributed by atoms with Crippen molar-refractivity contribution in [3.8, 4) is 75.3 Å². The van der Waals surface area contributed by atoms with Gasteiger partial charge in [0.1, 0.15) is 0 Å². The molecule has 234 valence electrons. The molecule has 0 radical (unpaired) electrons. The van der Waals surface area contributed by atoms with Crippen molar-refractivity contribution in [1.82, 2.24) is 19.5 Å². The average molecular weight is 651 g/mol. The molecular formula is C43H22N8. The molecule has 6 aromatic carbocycles. The standard InChI is InChI=1S/C43H22N8/c44-23-30-14-7-15-31(24-45)38(30)29-20-21-34-35-18-9-19-36(39-32(25-46)16-8-17-33(39)26-47)40(35)51(37(34)22-29)43-49-41(27-10-3-1-4-11-27)48-42(50-43)28-12-5-2-6-13-28/h1-22H. The summed E-state index contributed by atoms with van der Waals surface area (Å²) in [6.07, 6.45) is 0. The zero-order valence-electron chi connectivity index (χ0n) is 26.8. The van der Waals surface area contributed by atoms with E-state index >= 15 is 0 Å². The SMILES string of the molecule is N#Cc1cccc(C#N)c1-c1ccc2c3cccc(-c4c(C#N)cccc4C#N)c3n(-c3nc(-c4ccccc4)nc(-c4ccccc4)n3)c2c1. The van der Waals surface area contributed by atoms with Gasteiger partial charge in [0.05, 0.1) is 57.6 Å². The Bertz CT molecular complexity index is 2720. The maximum Gasteiger partial charge on any atom is 0.238 e. The Hall–Kier alpha value is -7.91. The molecule has 0 spiro atoms. The Morgan fingerprint density at radius 1 is 0.431 bits per heavy atom. The first-order valence-electron chi connectivity index (χ1n) is 15.9. The number of nitrogens with zero attached hydrogens (tertiary/aromatic N) is 8. The van der Waals surface area contributed by atoms with Crippen molar-refractivity contribution in [1.29, 1.82) is 21.0 Å². The summed E-state index contributed by atoms with van der Waals surface area (Å²) in [4.78, 5) is 15.0. The summed E-state index contributed by atoms with van der Waals surface area (Å²) >= 11 is 0. The van der Waals surface area contributed by atoms with Gasteiger partial charge in [-0.2, -0.15) is 31.0 Å². The minimum atomic E-state index is 0.314.